The first kappa shape index (κ1) is 14.0. The van der Waals surface area contributed by atoms with Crippen LogP contribution in [0.5, 0.6) is 0 Å². The summed E-state index contributed by atoms with van der Waals surface area (Å²) in [5, 5.41) is 0. The Bertz CT molecular complexity index is 276. The average Bonchev–Trinajstić information content (AvgIpc) is 2.74. The highest BCUT2D eigenvalue weighted by molar-refractivity contribution is 5.69. The van der Waals surface area contributed by atoms with Gasteiger partial charge in [-0.2, -0.15) is 0 Å². The van der Waals surface area contributed by atoms with Crippen LogP contribution >= 0.6 is 0 Å². The van der Waals surface area contributed by atoms with E-state index in [2.05, 4.69) is 6.92 Å². The molecule has 0 unspecified atom stereocenters. The second kappa shape index (κ2) is 6.03. The third-order valence-corrected chi connectivity index (χ3v) is 3.17. The molecule has 4 heteroatoms. The molecule has 98 valence electrons. The van der Waals surface area contributed by atoms with Gasteiger partial charge < -0.3 is 14.4 Å². The van der Waals surface area contributed by atoms with Gasteiger partial charge in [0, 0.05) is 19.0 Å². The monoisotopic (exact) mass is 241 g/mol. The van der Waals surface area contributed by atoms with Gasteiger partial charge in [-0.15, -0.1) is 0 Å². The van der Waals surface area contributed by atoms with Crippen LogP contribution in [0, 0.1) is 5.92 Å². The second-order valence-electron chi connectivity index (χ2n) is 5.36. The van der Waals surface area contributed by atoms with Crippen LogP contribution in [0.1, 0.15) is 46.5 Å². The van der Waals surface area contributed by atoms with E-state index in [9.17, 15) is 9.59 Å². The zero-order valence-electron chi connectivity index (χ0n) is 11.1. The Morgan fingerprint density at radius 3 is 2.76 bits per heavy atom. The predicted molar refractivity (Wildman–Crippen MR) is 65.8 cm³/mol. The smallest absolute Gasteiger partial charge is 0.410 e. The van der Waals surface area contributed by atoms with E-state index in [1.54, 1.807) is 4.90 Å². The minimum absolute atomic E-state index is 0.0127. The van der Waals surface area contributed by atoms with Crippen molar-refractivity contribution >= 4 is 12.4 Å². The van der Waals surface area contributed by atoms with Crippen molar-refractivity contribution in [2.45, 2.75) is 52.1 Å². The Balaban J connectivity index is 2.41. The number of hydrogen-bond acceptors (Lipinski definition) is 3. The number of ether oxygens (including phenoxy) is 1. The molecule has 1 amide bonds. The maximum Gasteiger partial charge on any atom is 0.410 e. The summed E-state index contributed by atoms with van der Waals surface area (Å²) in [4.78, 5) is 24.1. The lowest BCUT2D eigenvalue weighted by Crippen LogP contribution is -2.37. The molecule has 1 aliphatic heterocycles. The number of carbonyl (C=O) groups excluding carboxylic acids is 2. The molecule has 0 spiro atoms. The Labute approximate surface area is 103 Å². The maximum absolute atomic E-state index is 11.9. The predicted octanol–water partition coefficient (Wildman–Crippen LogP) is 2.61. The van der Waals surface area contributed by atoms with Gasteiger partial charge in [0.15, 0.2) is 0 Å². The standard InChI is InChI=1S/C13H23NO3/c1-4-5-7-13(2,3)17-12(16)14-8-6-11(9-14)10-15/h10-11H,4-9H2,1-3H3/t11-/m0/s1. The zero-order chi connectivity index (χ0) is 12.9. The number of nitrogens with zero attached hydrogens (tertiary/aromatic N) is 1. The molecule has 0 radical (unpaired) electrons. The van der Waals surface area contributed by atoms with Crippen molar-refractivity contribution < 1.29 is 14.3 Å². The van der Waals surface area contributed by atoms with Gasteiger partial charge in [-0.1, -0.05) is 13.3 Å². The summed E-state index contributed by atoms with van der Waals surface area (Å²) in [6.45, 7) is 7.13. The molecule has 0 aliphatic carbocycles. The maximum atomic E-state index is 11.9. The Morgan fingerprint density at radius 2 is 2.24 bits per heavy atom. The van der Waals surface area contributed by atoms with Crippen molar-refractivity contribution in [1.82, 2.24) is 4.90 Å². The SMILES string of the molecule is CCCCC(C)(C)OC(=O)N1CC[C@H](C=O)C1. The van der Waals surface area contributed by atoms with E-state index in [-0.39, 0.29) is 12.0 Å². The molecule has 0 aromatic carbocycles. The van der Waals surface area contributed by atoms with Crippen molar-refractivity contribution in [2.24, 2.45) is 5.92 Å². The van der Waals surface area contributed by atoms with Crippen LogP contribution in [0.4, 0.5) is 4.79 Å². The normalized spacial score (nSPS) is 20.4. The molecule has 0 N–H and O–H groups in total. The van der Waals surface area contributed by atoms with Crippen molar-refractivity contribution in [2.75, 3.05) is 13.1 Å². The molecule has 0 saturated carbocycles. The number of amides is 1. The first-order valence-electron chi connectivity index (χ1n) is 6.41. The molecule has 1 atom stereocenters. The van der Waals surface area contributed by atoms with Gasteiger partial charge in [0.2, 0.25) is 0 Å². The molecule has 1 saturated heterocycles. The van der Waals surface area contributed by atoms with Gasteiger partial charge in [-0.3, -0.25) is 0 Å². The van der Waals surface area contributed by atoms with E-state index >= 15 is 0 Å². The van der Waals surface area contributed by atoms with Crippen molar-refractivity contribution in [3.05, 3.63) is 0 Å². The summed E-state index contributed by atoms with van der Waals surface area (Å²) < 4.78 is 5.49. The Kier molecular flexibility index (Phi) is 4.97. The lowest BCUT2D eigenvalue weighted by Gasteiger charge is -2.28. The highest BCUT2D eigenvalue weighted by atomic mass is 16.6. The number of aldehydes is 1. The molecular weight excluding hydrogens is 218 g/mol. The minimum atomic E-state index is -0.410. The third-order valence-electron chi connectivity index (χ3n) is 3.17. The lowest BCUT2D eigenvalue weighted by molar-refractivity contribution is -0.110. The van der Waals surface area contributed by atoms with Crippen LogP contribution < -0.4 is 0 Å². The zero-order valence-corrected chi connectivity index (χ0v) is 11.1. The van der Waals surface area contributed by atoms with Crippen LogP contribution in [0.3, 0.4) is 0 Å². The van der Waals surface area contributed by atoms with Crippen LogP contribution in [0.2, 0.25) is 0 Å². The van der Waals surface area contributed by atoms with Gasteiger partial charge in [-0.25, -0.2) is 4.79 Å². The largest absolute Gasteiger partial charge is 0.443 e. The molecule has 17 heavy (non-hydrogen) atoms. The van der Waals surface area contributed by atoms with E-state index in [0.29, 0.717) is 13.1 Å². The summed E-state index contributed by atoms with van der Waals surface area (Å²) in [5.74, 6) is -0.0127. The van der Waals surface area contributed by atoms with Crippen molar-refractivity contribution in [1.29, 1.82) is 0 Å². The number of carbonyl (C=O) groups is 2. The van der Waals surface area contributed by atoms with Gasteiger partial charge in [0.05, 0.1) is 0 Å². The minimum Gasteiger partial charge on any atom is -0.443 e. The summed E-state index contributed by atoms with van der Waals surface area (Å²) in [6, 6.07) is 0. The van der Waals surface area contributed by atoms with Crippen molar-refractivity contribution in [3.63, 3.8) is 0 Å². The van der Waals surface area contributed by atoms with Gasteiger partial charge in [0.25, 0.3) is 0 Å². The Morgan fingerprint density at radius 1 is 1.53 bits per heavy atom. The highest BCUT2D eigenvalue weighted by Gasteiger charge is 2.30. The molecule has 0 aromatic heterocycles. The van der Waals surface area contributed by atoms with E-state index < -0.39 is 5.60 Å². The topological polar surface area (TPSA) is 46.6 Å². The van der Waals surface area contributed by atoms with Gasteiger partial charge in [0.1, 0.15) is 11.9 Å². The fourth-order valence-corrected chi connectivity index (χ4v) is 2.02. The fraction of sp³-hybridized carbons (Fsp3) is 0.846. The first-order chi connectivity index (χ1) is 7.98. The quantitative estimate of drug-likeness (QED) is 0.695. The van der Waals surface area contributed by atoms with Crippen LogP contribution in [-0.4, -0.2) is 36.0 Å². The van der Waals surface area contributed by atoms with Gasteiger partial charge >= 0.3 is 6.09 Å². The van der Waals surface area contributed by atoms with E-state index in [0.717, 1.165) is 32.0 Å². The summed E-state index contributed by atoms with van der Waals surface area (Å²) in [6.07, 6.45) is 4.43. The van der Waals surface area contributed by atoms with E-state index in [1.165, 1.54) is 0 Å². The summed E-state index contributed by atoms with van der Waals surface area (Å²) >= 11 is 0. The van der Waals surface area contributed by atoms with Crippen LogP contribution in [0.25, 0.3) is 0 Å². The number of hydrogen-bond donors (Lipinski definition) is 0. The molecule has 1 fully saturated rings. The molecule has 4 nitrogen and oxygen atoms in total. The Hall–Kier alpha value is -1.06. The second-order valence-corrected chi connectivity index (χ2v) is 5.36. The molecule has 0 aromatic rings. The third kappa shape index (κ3) is 4.36. The number of rotatable bonds is 5. The van der Waals surface area contributed by atoms with Crippen LogP contribution in [0.15, 0.2) is 0 Å². The van der Waals surface area contributed by atoms with Crippen molar-refractivity contribution in [3.8, 4) is 0 Å². The molecular formula is C13H23NO3. The number of likely N-dealkylation sites (tertiary alicyclic amines) is 1. The average molecular weight is 241 g/mol. The molecule has 1 aliphatic rings. The number of unbranched alkanes of at least 4 members (excludes halogenated alkanes) is 1. The van der Waals surface area contributed by atoms with Crippen LogP contribution in [-0.2, 0) is 9.53 Å². The fourth-order valence-electron chi connectivity index (χ4n) is 2.02. The van der Waals surface area contributed by atoms with E-state index in [1.807, 2.05) is 13.8 Å². The molecule has 1 rings (SSSR count). The summed E-state index contributed by atoms with van der Waals surface area (Å²) in [5.41, 5.74) is -0.410. The molecule has 0 bridgehead atoms. The first-order valence-corrected chi connectivity index (χ1v) is 6.41. The molecule has 1 heterocycles. The van der Waals surface area contributed by atoms with E-state index in [4.69, 9.17) is 4.74 Å². The highest BCUT2D eigenvalue weighted by Crippen LogP contribution is 2.22. The lowest BCUT2D eigenvalue weighted by atomic mass is 10.0. The van der Waals surface area contributed by atoms with Gasteiger partial charge in [-0.05, 0) is 33.1 Å². The summed E-state index contributed by atoms with van der Waals surface area (Å²) in [7, 11) is 0.